The van der Waals surface area contributed by atoms with E-state index in [1.807, 2.05) is 6.92 Å². The molecular formula is C11H16N2O3. The molecular weight excluding hydrogens is 208 g/mol. The topological polar surface area (TPSA) is 84.6 Å². The van der Waals surface area contributed by atoms with Crippen molar-refractivity contribution < 1.29 is 14.6 Å². The number of ether oxygens (including phenoxy) is 1. The van der Waals surface area contributed by atoms with E-state index in [0.717, 1.165) is 0 Å². The maximum absolute atomic E-state index is 10.5. The van der Waals surface area contributed by atoms with E-state index in [0.29, 0.717) is 24.5 Å². The standard InChI is InChI=1S/C11H16N2O3/c1-2-16-9-5-3-4-8(11(9)15)6-13-7-10(12)14/h3-5,13,15H,2,6-7H2,1H3,(H2,12,14). The van der Waals surface area contributed by atoms with Gasteiger partial charge in [0.2, 0.25) is 5.91 Å². The average Bonchev–Trinajstić information content (AvgIpc) is 2.23. The molecule has 0 atom stereocenters. The molecule has 0 spiro atoms. The first kappa shape index (κ1) is 12.3. The molecule has 1 aromatic carbocycles. The van der Waals surface area contributed by atoms with Crippen LogP contribution in [0.4, 0.5) is 0 Å². The van der Waals surface area contributed by atoms with Gasteiger partial charge < -0.3 is 20.9 Å². The highest BCUT2D eigenvalue weighted by Gasteiger charge is 2.07. The van der Waals surface area contributed by atoms with Crippen LogP contribution in [0, 0.1) is 0 Å². The summed E-state index contributed by atoms with van der Waals surface area (Å²) in [4.78, 5) is 10.5. The van der Waals surface area contributed by atoms with Crippen molar-refractivity contribution in [1.82, 2.24) is 5.32 Å². The van der Waals surface area contributed by atoms with Crippen molar-refractivity contribution in [3.8, 4) is 11.5 Å². The first-order chi connectivity index (χ1) is 7.65. The van der Waals surface area contributed by atoms with Crippen molar-refractivity contribution in [2.75, 3.05) is 13.2 Å². The Hall–Kier alpha value is -1.75. The molecule has 0 aromatic heterocycles. The van der Waals surface area contributed by atoms with Crippen molar-refractivity contribution in [1.29, 1.82) is 0 Å². The van der Waals surface area contributed by atoms with Gasteiger partial charge in [0.05, 0.1) is 13.2 Å². The first-order valence-electron chi connectivity index (χ1n) is 5.07. The molecule has 1 aromatic rings. The lowest BCUT2D eigenvalue weighted by molar-refractivity contribution is -0.117. The minimum absolute atomic E-state index is 0.0816. The van der Waals surface area contributed by atoms with Gasteiger partial charge in [0.15, 0.2) is 11.5 Å². The van der Waals surface area contributed by atoms with Crippen LogP contribution >= 0.6 is 0 Å². The molecule has 88 valence electrons. The van der Waals surface area contributed by atoms with E-state index in [1.54, 1.807) is 18.2 Å². The molecule has 5 heteroatoms. The van der Waals surface area contributed by atoms with E-state index in [9.17, 15) is 9.90 Å². The second-order valence-electron chi connectivity index (χ2n) is 3.27. The van der Waals surface area contributed by atoms with E-state index in [1.165, 1.54) is 0 Å². The Balaban J connectivity index is 2.65. The summed E-state index contributed by atoms with van der Waals surface area (Å²) in [5.74, 6) is 0.114. The van der Waals surface area contributed by atoms with Crippen molar-refractivity contribution >= 4 is 5.91 Å². The summed E-state index contributed by atoms with van der Waals surface area (Å²) < 4.78 is 5.24. The average molecular weight is 224 g/mol. The molecule has 0 aliphatic heterocycles. The molecule has 0 radical (unpaired) electrons. The maximum Gasteiger partial charge on any atom is 0.231 e. The number of carbonyl (C=O) groups is 1. The molecule has 0 unspecified atom stereocenters. The number of nitrogens with one attached hydrogen (secondary N) is 1. The summed E-state index contributed by atoms with van der Waals surface area (Å²) in [6.07, 6.45) is 0. The van der Waals surface area contributed by atoms with Crippen LogP contribution in [0.15, 0.2) is 18.2 Å². The second-order valence-corrected chi connectivity index (χ2v) is 3.27. The molecule has 1 amide bonds. The third kappa shape index (κ3) is 3.43. The van der Waals surface area contributed by atoms with Crippen LogP contribution in [0.1, 0.15) is 12.5 Å². The smallest absolute Gasteiger partial charge is 0.231 e. The van der Waals surface area contributed by atoms with Crippen LogP contribution in [-0.2, 0) is 11.3 Å². The number of primary amides is 1. The monoisotopic (exact) mass is 224 g/mol. The van der Waals surface area contributed by atoms with Gasteiger partial charge in [-0.1, -0.05) is 12.1 Å². The van der Waals surface area contributed by atoms with Crippen molar-refractivity contribution in [2.45, 2.75) is 13.5 Å². The normalized spacial score (nSPS) is 10.1. The van der Waals surface area contributed by atoms with Crippen LogP contribution in [0.25, 0.3) is 0 Å². The predicted molar refractivity (Wildman–Crippen MR) is 60.2 cm³/mol. The van der Waals surface area contributed by atoms with E-state index < -0.39 is 5.91 Å². The van der Waals surface area contributed by atoms with E-state index in [4.69, 9.17) is 10.5 Å². The highest BCUT2D eigenvalue weighted by molar-refractivity contribution is 5.75. The first-order valence-corrected chi connectivity index (χ1v) is 5.07. The van der Waals surface area contributed by atoms with Gasteiger partial charge in [0.25, 0.3) is 0 Å². The number of hydrogen-bond acceptors (Lipinski definition) is 4. The number of phenolic OH excluding ortho intramolecular Hbond substituents is 1. The SMILES string of the molecule is CCOc1cccc(CNCC(N)=O)c1O. The van der Waals surface area contributed by atoms with Crippen molar-refractivity contribution in [2.24, 2.45) is 5.73 Å². The Morgan fingerprint density at radius 2 is 2.31 bits per heavy atom. The maximum atomic E-state index is 10.5. The van der Waals surface area contributed by atoms with Gasteiger partial charge >= 0.3 is 0 Å². The van der Waals surface area contributed by atoms with Crippen molar-refractivity contribution in [3.63, 3.8) is 0 Å². The summed E-state index contributed by atoms with van der Waals surface area (Å²) in [5, 5.41) is 12.6. The fourth-order valence-corrected chi connectivity index (χ4v) is 1.30. The van der Waals surface area contributed by atoms with Crippen LogP contribution in [-0.4, -0.2) is 24.2 Å². The number of para-hydroxylation sites is 1. The molecule has 0 bridgehead atoms. The highest BCUT2D eigenvalue weighted by atomic mass is 16.5. The number of carbonyl (C=O) groups excluding carboxylic acids is 1. The summed E-state index contributed by atoms with van der Waals surface area (Å²) in [6, 6.07) is 5.23. The van der Waals surface area contributed by atoms with Gasteiger partial charge in [-0.25, -0.2) is 0 Å². The summed E-state index contributed by atoms with van der Waals surface area (Å²) in [6.45, 7) is 2.79. The van der Waals surface area contributed by atoms with Gasteiger partial charge in [0.1, 0.15) is 0 Å². The zero-order valence-corrected chi connectivity index (χ0v) is 9.19. The van der Waals surface area contributed by atoms with Gasteiger partial charge in [-0.2, -0.15) is 0 Å². The fourth-order valence-electron chi connectivity index (χ4n) is 1.30. The van der Waals surface area contributed by atoms with Crippen molar-refractivity contribution in [3.05, 3.63) is 23.8 Å². The zero-order valence-electron chi connectivity index (χ0n) is 9.19. The highest BCUT2D eigenvalue weighted by Crippen LogP contribution is 2.29. The number of aromatic hydroxyl groups is 1. The number of phenols is 1. The van der Waals surface area contributed by atoms with Crippen LogP contribution in [0.3, 0.4) is 0 Å². The number of rotatable bonds is 6. The molecule has 0 saturated heterocycles. The van der Waals surface area contributed by atoms with E-state index in [-0.39, 0.29) is 12.3 Å². The summed E-state index contributed by atoms with van der Waals surface area (Å²) in [5.41, 5.74) is 5.66. The minimum Gasteiger partial charge on any atom is -0.504 e. The van der Waals surface area contributed by atoms with E-state index in [2.05, 4.69) is 5.32 Å². The van der Waals surface area contributed by atoms with Gasteiger partial charge in [0, 0.05) is 12.1 Å². The molecule has 0 fully saturated rings. The number of nitrogens with two attached hydrogens (primary N) is 1. The molecule has 0 aliphatic rings. The quantitative estimate of drug-likeness (QED) is 0.651. The Kier molecular flexibility index (Phi) is 4.60. The van der Waals surface area contributed by atoms with Gasteiger partial charge in [-0.05, 0) is 13.0 Å². The van der Waals surface area contributed by atoms with Gasteiger partial charge in [-0.3, -0.25) is 4.79 Å². The third-order valence-corrected chi connectivity index (χ3v) is 2.00. The molecule has 0 saturated carbocycles. The molecule has 5 nitrogen and oxygen atoms in total. The largest absolute Gasteiger partial charge is 0.504 e. The molecule has 0 aliphatic carbocycles. The lowest BCUT2D eigenvalue weighted by Crippen LogP contribution is -2.28. The van der Waals surface area contributed by atoms with Crippen LogP contribution in [0.2, 0.25) is 0 Å². The third-order valence-electron chi connectivity index (χ3n) is 2.00. The Bertz CT molecular complexity index is 366. The second kappa shape index (κ2) is 5.97. The number of amides is 1. The number of benzene rings is 1. The fraction of sp³-hybridized carbons (Fsp3) is 0.364. The molecule has 0 heterocycles. The number of hydrogen-bond donors (Lipinski definition) is 3. The lowest BCUT2D eigenvalue weighted by atomic mass is 10.2. The summed E-state index contributed by atoms with van der Waals surface area (Å²) >= 11 is 0. The zero-order chi connectivity index (χ0) is 12.0. The summed E-state index contributed by atoms with van der Waals surface area (Å²) in [7, 11) is 0. The Morgan fingerprint density at radius 3 is 2.94 bits per heavy atom. The predicted octanol–water partition coefficient (Wildman–Crippen LogP) is 0.366. The molecule has 4 N–H and O–H groups in total. The molecule has 1 rings (SSSR count). The van der Waals surface area contributed by atoms with Crippen LogP contribution < -0.4 is 15.8 Å². The molecule has 16 heavy (non-hydrogen) atoms. The minimum atomic E-state index is -0.430. The van der Waals surface area contributed by atoms with Gasteiger partial charge in [-0.15, -0.1) is 0 Å². The Labute approximate surface area is 94.2 Å². The van der Waals surface area contributed by atoms with E-state index >= 15 is 0 Å². The van der Waals surface area contributed by atoms with Crippen LogP contribution in [0.5, 0.6) is 11.5 Å². The lowest BCUT2D eigenvalue weighted by Gasteiger charge is -2.10. The Morgan fingerprint density at radius 1 is 1.56 bits per heavy atom.